The van der Waals surface area contributed by atoms with E-state index in [2.05, 4.69) is 15.6 Å². The van der Waals surface area contributed by atoms with Crippen LogP contribution >= 0.6 is 0 Å². The van der Waals surface area contributed by atoms with Crippen molar-refractivity contribution in [3.05, 3.63) is 23.9 Å². The van der Waals surface area contributed by atoms with Crippen LogP contribution in [0.5, 0.6) is 0 Å². The van der Waals surface area contributed by atoms with Crippen molar-refractivity contribution in [3.63, 3.8) is 0 Å². The first-order valence-corrected chi connectivity index (χ1v) is 5.16. The molecule has 15 heavy (non-hydrogen) atoms. The molecule has 0 spiro atoms. The minimum Gasteiger partial charge on any atom is -0.316 e. The third-order valence-corrected chi connectivity index (χ3v) is 1.93. The molecule has 0 fully saturated rings. The lowest BCUT2D eigenvalue weighted by molar-refractivity contribution is -0.116. The number of aromatic nitrogens is 1. The number of hydrogen-bond donors (Lipinski definition) is 2. The van der Waals surface area contributed by atoms with E-state index >= 15 is 0 Å². The number of carbonyl (C=O) groups excluding carboxylic acids is 1. The largest absolute Gasteiger partial charge is 0.316 e. The number of nitrogens with zero attached hydrogens (tertiary/aromatic N) is 1. The van der Waals surface area contributed by atoms with Crippen LogP contribution in [0.15, 0.2) is 18.2 Å². The van der Waals surface area contributed by atoms with E-state index in [0.717, 1.165) is 12.2 Å². The predicted molar refractivity (Wildman–Crippen MR) is 60.8 cm³/mol. The Labute approximate surface area is 90.1 Å². The smallest absolute Gasteiger partial charge is 0.226 e. The SMILES string of the molecule is CCNCCC(=O)Nc1cccc(C)n1. The van der Waals surface area contributed by atoms with Gasteiger partial charge in [-0.05, 0) is 25.6 Å². The Morgan fingerprint density at radius 3 is 2.93 bits per heavy atom. The van der Waals surface area contributed by atoms with Gasteiger partial charge in [-0.15, -0.1) is 0 Å². The molecule has 0 unspecified atom stereocenters. The molecule has 4 nitrogen and oxygen atoms in total. The normalized spacial score (nSPS) is 10.0. The van der Waals surface area contributed by atoms with Gasteiger partial charge < -0.3 is 10.6 Å². The van der Waals surface area contributed by atoms with Gasteiger partial charge >= 0.3 is 0 Å². The lowest BCUT2D eigenvalue weighted by Crippen LogP contribution is -2.21. The third kappa shape index (κ3) is 4.56. The van der Waals surface area contributed by atoms with E-state index in [1.807, 2.05) is 26.0 Å². The maximum absolute atomic E-state index is 11.4. The van der Waals surface area contributed by atoms with Gasteiger partial charge in [-0.25, -0.2) is 4.98 Å². The lowest BCUT2D eigenvalue weighted by Gasteiger charge is -2.05. The van der Waals surface area contributed by atoms with E-state index < -0.39 is 0 Å². The molecule has 1 aromatic rings. The molecule has 0 aliphatic carbocycles. The fourth-order valence-corrected chi connectivity index (χ4v) is 1.20. The van der Waals surface area contributed by atoms with Crippen LogP contribution in [0.2, 0.25) is 0 Å². The highest BCUT2D eigenvalue weighted by atomic mass is 16.1. The van der Waals surface area contributed by atoms with E-state index in [1.165, 1.54) is 0 Å². The van der Waals surface area contributed by atoms with Crippen LogP contribution in [-0.2, 0) is 4.79 Å². The van der Waals surface area contributed by atoms with Crippen molar-refractivity contribution in [2.24, 2.45) is 0 Å². The molecular formula is C11H17N3O. The fourth-order valence-electron chi connectivity index (χ4n) is 1.20. The Morgan fingerprint density at radius 1 is 1.47 bits per heavy atom. The molecule has 0 aliphatic rings. The second kappa shape index (κ2) is 6.14. The first-order chi connectivity index (χ1) is 7.22. The molecule has 1 amide bonds. The predicted octanol–water partition coefficient (Wildman–Crippen LogP) is 1.33. The number of anilines is 1. The van der Waals surface area contributed by atoms with Crippen molar-refractivity contribution in [2.45, 2.75) is 20.3 Å². The number of pyridine rings is 1. The van der Waals surface area contributed by atoms with E-state index in [9.17, 15) is 4.79 Å². The van der Waals surface area contributed by atoms with Gasteiger partial charge in [0.25, 0.3) is 0 Å². The molecule has 1 rings (SSSR count). The molecule has 0 radical (unpaired) electrons. The summed E-state index contributed by atoms with van der Waals surface area (Å²) >= 11 is 0. The monoisotopic (exact) mass is 207 g/mol. The van der Waals surface area contributed by atoms with Gasteiger partial charge in [0.15, 0.2) is 0 Å². The van der Waals surface area contributed by atoms with Crippen LogP contribution in [0.4, 0.5) is 5.82 Å². The minimum absolute atomic E-state index is 0.00551. The minimum atomic E-state index is -0.00551. The van der Waals surface area contributed by atoms with Crippen LogP contribution in [0, 0.1) is 6.92 Å². The summed E-state index contributed by atoms with van der Waals surface area (Å²) in [6.07, 6.45) is 0.476. The molecule has 0 atom stereocenters. The summed E-state index contributed by atoms with van der Waals surface area (Å²) in [5.41, 5.74) is 0.902. The molecule has 1 heterocycles. The third-order valence-electron chi connectivity index (χ3n) is 1.93. The average molecular weight is 207 g/mol. The Bertz CT molecular complexity index is 325. The second-order valence-electron chi connectivity index (χ2n) is 3.32. The summed E-state index contributed by atoms with van der Waals surface area (Å²) in [5, 5.41) is 5.85. The van der Waals surface area contributed by atoms with E-state index in [4.69, 9.17) is 0 Å². The lowest BCUT2D eigenvalue weighted by atomic mass is 10.3. The van der Waals surface area contributed by atoms with Crippen LogP contribution in [0.3, 0.4) is 0 Å². The quantitative estimate of drug-likeness (QED) is 0.716. The van der Waals surface area contributed by atoms with Gasteiger partial charge in [0, 0.05) is 18.7 Å². The summed E-state index contributed by atoms with van der Waals surface area (Å²) < 4.78 is 0. The number of amides is 1. The average Bonchev–Trinajstić information content (AvgIpc) is 2.18. The van der Waals surface area contributed by atoms with Crippen LogP contribution in [0.1, 0.15) is 19.0 Å². The van der Waals surface area contributed by atoms with E-state index in [1.54, 1.807) is 6.07 Å². The fraction of sp³-hybridized carbons (Fsp3) is 0.455. The highest BCUT2D eigenvalue weighted by Crippen LogP contribution is 2.03. The molecule has 0 saturated heterocycles. The Balaban J connectivity index is 2.37. The molecule has 0 aliphatic heterocycles. The van der Waals surface area contributed by atoms with Crippen LogP contribution in [-0.4, -0.2) is 24.0 Å². The molecule has 0 saturated carbocycles. The summed E-state index contributed by atoms with van der Waals surface area (Å²) in [6, 6.07) is 5.56. The first kappa shape index (κ1) is 11.7. The molecule has 0 aromatic carbocycles. The summed E-state index contributed by atoms with van der Waals surface area (Å²) in [5.74, 6) is 0.616. The summed E-state index contributed by atoms with van der Waals surface area (Å²) in [4.78, 5) is 15.6. The standard InChI is InChI=1S/C11H17N3O/c1-3-12-8-7-11(15)14-10-6-4-5-9(2)13-10/h4-6,12H,3,7-8H2,1-2H3,(H,13,14,15). The van der Waals surface area contributed by atoms with E-state index in [-0.39, 0.29) is 5.91 Å². The highest BCUT2D eigenvalue weighted by molar-refractivity contribution is 5.89. The molecule has 0 bridgehead atoms. The van der Waals surface area contributed by atoms with Gasteiger partial charge in [-0.1, -0.05) is 13.0 Å². The van der Waals surface area contributed by atoms with Gasteiger partial charge in [0.1, 0.15) is 5.82 Å². The van der Waals surface area contributed by atoms with Gasteiger partial charge in [-0.3, -0.25) is 4.79 Å². The Hall–Kier alpha value is -1.42. The Morgan fingerprint density at radius 2 is 2.27 bits per heavy atom. The highest BCUT2D eigenvalue weighted by Gasteiger charge is 2.01. The van der Waals surface area contributed by atoms with Crippen molar-refractivity contribution < 1.29 is 4.79 Å². The van der Waals surface area contributed by atoms with E-state index in [0.29, 0.717) is 18.8 Å². The molecular weight excluding hydrogens is 190 g/mol. The van der Waals surface area contributed by atoms with Crippen molar-refractivity contribution in [2.75, 3.05) is 18.4 Å². The number of rotatable bonds is 5. The topological polar surface area (TPSA) is 54.0 Å². The maximum Gasteiger partial charge on any atom is 0.226 e. The number of carbonyl (C=O) groups is 1. The zero-order chi connectivity index (χ0) is 11.1. The van der Waals surface area contributed by atoms with Crippen molar-refractivity contribution in [3.8, 4) is 0 Å². The molecule has 2 N–H and O–H groups in total. The van der Waals surface area contributed by atoms with Gasteiger partial charge in [-0.2, -0.15) is 0 Å². The molecule has 1 aromatic heterocycles. The number of aryl methyl sites for hydroxylation is 1. The van der Waals surface area contributed by atoms with Crippen molar-refractivity contribution in [1.29, 1.82) is 0 Å². The zero-order valence-electron chi connectivity index (χ0n) is 9.21. The van der Waals surface area contributed by atoms with Crippen LogP contribution in [0.25, 0.3) is 0 Å². The van der Waals surface area contributed by atoms with Crippen LogP contribution < -0.4 is 10.6 Å². The number of nitrogens with one attached hydrogen (secondary N) is 2. The molecule has 4 heteroatoms. The van der Waals surface area contributed by atoms with Gasteiger partial charge in [0.2, 0.25) is 5.91 Å². The Kier molecular flexibility index (Phi) is 4.77. The van der Waals surface area contributed by atoms with Gasteiger partial charge in [0.05, 0.1) is 0 Å². The van der Waals surface area contributed by atoms with Crippen molar-refractivity contribution in [1.82, 2.24) is 10.3 Å². The number of hydrogen-bond acceptors (Lipinski definition) is 3. The summed E-state index contributed by atoms with van der Waals surface area (Å²) in [6.45, 7) is 5.50. The van der Waals surface area contributed by atoms with Crippen molar-refractivity contribution >= 4 is 11.7 Å². The second-order valence-corrected chi connectivity index (χ2v) is 3.32. The zero-order valence-corrected chi connectivity index (χ0v) is 9.21. The summed E-state index contributed by atoms with van der Waals surface area (Å²) in [7, 11) is 0. The molecule has 82 valence electrons. The maximum atomic E-state index is 11.4. The first-order valence-electron chi connectivity index (χ1n) is 5.16.